The van der Waals surface area contributed by atoms with E-state index in [0.717, 1.165) is 23.3 Å². The Bertz CT molecular complexity index is 774. The highest BCUT2D eigenvalue weighted by atomic mass is 19.2. The zero-order valence-electron chi connectivity index (χ0n) is 12.2. The molecule has 0 aliphatic rings. The third kappa shape index (κ3) is 2.42. The first kappa shape index (κ1) is 13.7. The van der Waals surface area contributed by atoms with Crippen molar-refractivity contribution in [3.63, 3.8) is 0 Å². The summed E-state index contributed by atoms with van der Waals surface area (Å²) in [5.41, 5.74) is 2.94. The van der Waals surface area contributed by atoms with Crippen molar-refractivity contribution in [1.82, 2.24) is 9.97 Å². The molecule has 4 heteroatoms. The molecule has 0 saturated carbocycles. The number of aromatic amines is 1. The van der Waals surface area contributed by atoms with Crippen LogP contribution in [0.3, 0.4) is 0 Å². The predicted molar refractivity (Wildman–Crippen MR) is 80.1 cm³/mol. The fraction of sp³-hybridized carbons (Fsp3) is 0.235. The highest BCUT2D eigenvalue weighted by molar-refractivity contribution is 5.80. The number of fused-ring (bicyclic) bond motifs is 1. The van der Waals surface area contributed by atoms with Gasteiger partial charge < -0.3 is 4.98 Å². The van der Waals surface area contributed by atoms with Crippen LogP contribution in [0.25, 0.3) is 22.4 Å². The van der Waals surface area contributed by atoms with Crippen molar-refractivity contribution in [2.45, 2.75) is 26.2 Å². The van der Waals surface area contributed by atoms with E-state index in [0.29, 0.717) is 16.9 Å². The van der Waals surface area contributed by atoms with Gasteiger partial charge in [-0.15, -0.1) is 0 Å². The number of nitrogens with one attached hydrogen (secondary N) is 1. The van der Waals surface area contributed by atoms with E-state index >= 15 is 0 Å². The third-order valence-corrected chi connectivity index (χ3v) is 3.51. The SMILES string of the molecule is CC(C)(C)c1ccccc1-c1nc2cc(F)c(F)cc2[nH]1. The molecule has 2 aromatic carbocycles. The van der Waals surface area contributed by atoms with Gasteiger partial charge in [0.2, 0.25) is 0 Å². The Morgan fingerprint density at radius 1 is 1.00 bits per heavy atom. The summed E-state index contributed by atoms with van der Waals surface area (Å²) in [6, 6.07) is 10.2. The maximum Gasteiger partial charge on any atom is 0.161 e. The number of H-pyrrole nitrogens is 1. The maximum atomic E-state index is 13.3. The van der Waals surface area contributed by atoms with Crippen molar-refractivity contribution in [2.75, 3.05) is 0 Å². The molecule has 0 amide bonds. The van der Waals surface area contributed by atoms with Gasteiger partial charge in [0.1, 0.15) is 5.82 Å². The molecule has 0 unspecified atom stereocenters. The maximum absolute atomic E-state index is 13.3. The molecule has 0 radical (unpaired) electrons. The van der Waals surface area contributed by atoms with Crippen molar-refractivity contribution >= 4 is 11.0 Å². The first-order chi connectivity index (χ1) is 9.86. The van der Waals surface area contributed by atoms with Crippen LogP contribution in [0.5, 0.6) is 0 Å². The van der Waals surface area contributed by atoms with Gasteiger partial charge in [-0.2, -0.15) is 0 Å². The van der Waals surface area contributed by atoms with E-state index in [-0.39, 0.29) is 5.41 Å². The van der Waals surface area contributed by atoms with Crippen molar-refractivity contribution in [1.29, 1.82) is 0 Å². The average Bonchev–Trinajstić information content (AvgIpc) is 2.81. The minimum atomic E-state index is -0.885. The van der Waals surface area contributed by atoms with Gasteiger partial charge in [-0.1, -0.05) is 45.0 Å². The van der Waals surface area contributed by atoms with E-state index in [1.165, 1.54) is 0 Å². The Kier molecular flexibility index (Phi) is 3.04. The summed E-state index contributed by atoms with van der Waals surface area (Å²) in [5, 5.41) is 0. The minimum Gasteiger partial charge on any atom is -0.338 e. The molecule has 1 N–H and O–H groups in total. The molecule has 0 saturated heterocycles. The molecule has 1 aromatic heterocycles. The van der Waals surface area contributed by atoms with Gasteiger partial charge in [-0.25, -0.2) is 13.8 Å². The van der Waals surface area contributed by atoms with Gasteiger partial charge >= 0.3 is 0 Å². The van der Waals surface area contributed by atoms with Crippen LogP contribution < -0.4 is 0 Å². The summed E-state index contributed by atoms with van der Waals surface area (Å²) < 4.78 is 26.6. The number of rotatable bonds is 1. The largest absolute Gasteiger partial charge is 0.338 e. The van der Waals surface area contributed by atoms with Gasteiger partial charge in [0.05, 0.1) is 11.0 Å². The zero-order chi connectivity index (χ0) is 15.2. The molecular formula is C17H16F2N2. The second kappa shape index (κ2) is 4.65. The lowest BCUT2D eigenvalue weighted by Crippen LogP contribution is -2.12. The Balaban J connectivity index is 2.22. The molecule has 1 heterocycles. The standard InChI is InChI=1S/C17H16F2N2/c1-17(2,3)11-7-5-4-6-10(11)16-20-14-8-12(18)13(19)9-15(14)21-16/h4-9H,1-3H3,(H,20,21). The minimum absolute atomic E-state index is 0.0495. The van der Waals surface area contributed by atoms with E-state index < -0.39 is 11.6 Å². The van der Waals surface area contributed by atoms with Crippen LogP contribution in [-0.2, 0) is 5.41 Å². The molecule has 3 aromatic rings. The molecule has 0 spiro atoms. The Morgan fingerprint density at radius 2 is 1.67 bits per heavy atom. The Labute approximate surface area is 121 Å². The average molecular weight is 286 g/mol. The molecule has 0 atom stereocenters. The van der Waals surface area contributed by atoms with E-state index in [9.17, 15) is 8.78 Å². The molecule has 0 bridgehead atoms. The molecule has 0 aliphatic carbocycles. The van der Waals surface area contributed by atoms with Crippen molar-refractivity contribution in [2.24, 2.45) is 0 Å². The smallest absolute Gasteiger partial charge is 0.161 e. The molecule has 0 fully saturated rings. The lowest BCUT2D eigenvalue weighted by molar-refractivity contribution is 0.510. The molecule has 2 nitrogen and oxygen atoms in total. The molecule has 108 valence electrons. The van der Waals surface area contributed by atoms with Crippen LogP contribution in [0.2, 0.25) is 0 Å². The van der Waals surface area contributed by atoms with Crippen LogP contribution in [0.15, 0.2) is 36.4 Å². The highest BCUT2D eigenvalue weighted by Gasteiger charge is 2.20. The second-order valence-corrected chi connectivity index (χ2v) is 6.16. The summed E-state index contributed by atoms with van der Waals surface area (Å²) in [5.74, 6) is -1.13. The van der Waals surface area contributed by atoms with Crippen molar-refractivity contribution in [3.05, 3.63) is 53.6 Å². The Hall–Kier alpha value is -2.23. The topological polar surface area (TPSA) is 28.7 Å². The summed E-state index contributed by atoms with van der Waals surface area (Å²) >= 11 is 0. The van der Waals surface area contributed by atoms with Crippen LogP contribution in [0, 0.1) is 11.6 Å². The number of imidazole rings is 1. The van der Waals surface area contributed by atoms with Crippen LogP contribution in [0.1, 0.15) is 26.3 Å². The fourth-order valence-corrected chi connectivity index (χ4v) is 2.48. The van der Waals surface area contributed by atoms with Crippen LogP contribution >= 0.6 is 0 Å². The van der Waals surface area contributed by atoms with Gasteiger partial charge in [0.15, 0.2) is 11.6 Å². The zero-order valence-corrected chi connectivity index (χ0v) is 12.2. The first-order valence-electron chi connectivity index (χ1n) is 6.81. The van der Waals surface area contributed by atoms with Gasteiger partial charge in [-0.05, 0) is 11.0 Å². The lowest BCUT2D eigenvalue weighted by Gasteiger charge is -2.21. The second-order valence-electron chi connectivity index (χ2n) is 6.16. The number of hydrogen-bond donors (Lipinski definition) is 1. The normalized spacial score (nSPS) is 12.0. The molecule has 0 aliphatic heterocycles. The third-order valence-electron chi connectivity index (χ3n) is 3.51. The van der Waals surface area contributed by atoms with Crippen LogP contribution in [-0.4, -0.2) is 9.97 Å². The molecule has 21 heavy (non-hydrogen) atoms. The van der Waals surface area contributed by atoms with E-state index in [1.54, 1.807) is 0 Å². The number of hydrogen-bond acceptors (Lipinski definition) is 1. The van der Waals surface area contributed by atoms with Gasteiger partial charge in [0.25, 0.3) is 0 Å². The van der Waals surface area contributed by atoms with E-state index in [1.807, 2.05) is 24.3 Å². The fourth-order valence-electron chi connectivity index (χ4n) is 2.48. The van der Waals surface area contributed by atoms with Crippen molar-refractivity contribution < 1.29 is 8.78 Å². The highest BCUT2D eigenvalue weighted by Crippen LogP contribution is 2.32. The predicted octanol–water partition coefficient (Wildman–Crippen LogP) is 4.81. The quantitative estimate of drug-likeness (QED) is 0.683. The van der Waals surface area contributed by atoms with Crippen LogP contribution in [0.4, 0.5) is 8.78 Å². The monoisotopic (exact) mass is 286 g/mol. The summed E-state index contributed by atoms with van der Waals surface area (Å²) in [4.78, 5) is 7.47. The summed E-state index contributed by atoms with van der Waals surface area (Å²) in [6.07, 6.45) is 0. The first-order valence-corrected chi connectivity index (χ1v) is 6.81. The van der Waals surface area contributed by atoms with E-state index in [2.05, 4.69) is 30.7 Å². The van der Waals surface area contributed by atoms with Crippen molar-refractivity contribution in [3.8, 4) is 11.4 Å². The lowest BCUT2D eigenvalue weighted by atomic mass is 9.83. The summed E-state index contributed by atoms with van der Waals surface area (Å²) in [6.45, 7) is 6.36. The molecule has 3 rings (SSSR count). The summed E-state index contributed by atoms with van der Waals surface area (Å²) in [7, 11) is 0. The molecular weight excluding hydrogens is 270 g/mol. The number of halogens is 2. The number of benzene rings is 2. The Morgan fingerprint density at radius 3 is 2.38 bits per heavy atom. The number of aromatic nitrogens is 2. The number of nitrogens with zero attached hydrogens (tertiary/aromatic N) is 1. The van der Waals surface area contributed by atoms with Gasteiger partial charge in [0, 0.05) is 17.7 Å². The van der Waals surface area contributed by atoms with Gasteiger partial charge in [-0.3, -0.25) is 0 Å². The van der Waals surface area contributed by atoms with E-state index in [4.69, 9.17) is 0 Å².